The molecular weight excluding hydrogens is 204 g/mol. The average molecular weight is 227 g/mol. The molecule has 0 aliphatic heterocycles. The number of thioether (sulfide) groups is 1. The van der Waals surface area contributed by atoms with Crippen LogP contribution in [0.1, 0.15) is 33.0 Å². The van der Waals surface area contributed by atoms with Gasteiger partial charge in [0.1, 0.15) is 12.4 Å². The van der Waals surface area contributed by atoms with E-state index in [1.54, 1.807) is 0 Å². The minimum absolute atomic E-state index is 1.13. The highest BCUT2D eigenvalue weighted by Crippen LogP contribution is 2.03. The van der Waals surface area contributed by atoms with Gasteiger partial charge in [0, 0.05) is 12.2 Å². The van der Waals surface area contributed by atoms with Crippen molar-refractivity contribution in [2.75, 3.05) is 11.5 Å². The topological polar surface area (TPSA) is 8.81 Å². The first-order valence-corrected chi connectivity index (χ1v) is 7.14. The van der Waals surface area contributed by atoms with Gasteiger partial charge in [-0.15, -0.1) is 0 Å². The third-order valence-electron chi connectivity index (χ3n) is 2.55. The summed E-state index contributed by atoms with van der Waals surface area (Å²) in [5.41, 5.74) is 0. The molecule has 1 aromatic heterocycles. The van der Waals surface area contributed by atoms with Crippen molar-refractivity contribution in [3.8, 4) is 0 Å². The monoisotopic (exact) mass is 227 g/mol. The molecular formula is C12H23N2S+. The molecule has 0 bridgehead atoms. The van der Waals surface area contributed by atoms with Crippen LogP contribution in [0, 0.1) is 0 Å². The number of imidazole rings is 1. The van der Waals surface area contributed by atoms with Gasteiger partial charge in [0.15, 0.2) is 0 Å². The zero-order valence-corrected chi connectivity index (χ0v) is 11.0. The molecule has 0 spiro atoms. The Kier molecular flexibility index (Phi) is 5.84. The van der Waals surface area contributed by atoms with E-state index in [1.807, 2.05) is 11.8 Å². The van der Waals surface area contributed by atoms with E-state index in [1.165, 1.54) is 23.8 Å². The van der Waals surface area contributed by atoms with Crippen LogP contribution in [-0.4, -0.2) is 16.1 Å². The van der Waals surface area contributed by atoms with E-state index in [0.29, 0.717) is 0 Å². The Balaban J connectivity index is 2.62. The third kappa shape index (κ3) is 3.56. The fourth-order valence-corrected chi connectivity index (χ4v) is 2.47. The molecule has 0 aromatic carbocycles. The van der Waals surface area contributed by atoms with E-state index < -0.39 is 0 Å². The predicted molar refractivity (Wildman–Crippen MR) is 67.3 cm³/mol. The highest BCUT2D eigenvalue weighted by Gasteiger charge is 2.13. The van der Waals surface area contributed by atoms with Crippen molar-refractivity contribution in [2.45, 2.75) is 46.7 Å². The van der Waals surface area contributed by atoms with E-state index in [9.17, 15) is 0 Å². The molecule has 0 aliphatic rings. The highest BCUT2D eigenvalue weighted by atomic mass is 32.2. The van der Waals surface area contributed by atoms with Crippen molar-refractivity contribution in [3.63, 3.8) is 0 Å². The Labute approximate surface area is 97.7 Å². The lowest BCUT2D eigenvalue weighted by molar-refractivity contribution is -0.703. The summed E-state index contributed by atoms with van der Waals surface area (Å²) in [5, 5.41) is 0. The predicted octanol–water partition coefficient (Wildman–Crippen LogP) is 2.50. The SMILES string of the molecule is CCC[n+]1ccn(CCSCC)c1CC. The lowest BCUT2D eigenvalue weighted by Crippen LogP contribution is -2.36. The van der Waals surface area contributed by atoms with Crippen molar-refractivity contribution in [1.82, 2.24) is 4.57 Å². The molecule has 0 unspecified atom stereocenters. The Bertz CT molecular complexity index is 281. The van der Waals surface area contributed by atoms with Gasteiger partial charge in [0.2, 0.25) is 0 Å². The van der Waals surface area contributed by atoms with E-state index in [-0.39, 0.29) is 0 Å². The Morgan fingerprint density at radius 3 is 2.73 bits per heavy atom. The van der Waals surface area contributed by atoms with Crippen LogP contribution in [0.4, 0.5) is 0 Å². The van der Waals surface area contributed by atoms with E-state index in [0.717, 1.165) is 19.5 Å². The standard InChI is InChI=1S/C12H23N2S/c1-4-7-13-8-9-14(12(13)5-2)10-11-15-6-3/h8-9H,4-7,10-11H2,1-3H3/q+1. The molecule has 3 heteroatoms. The van der Waals surface area contributed by atoms with Gasteiger partial charge < -0.3 is 0 Å². The molecule has 0 atom stereocenters. The maximum atomic E-state index is 2.40. The van der Waals surface area contributed by atoms with Crippen LogP contribution in [0.25, 0.3) is 0 Å². The average Bonchev–Trinajstić information content (AvgIpc) is 2.62. The second kappa shape index (κ2) is 6.94. The minimum atomic E-state index is 1.13. The molecule has 0 saturated carbocycles. The molecule has 1 rings (SSSR count). The summed E-state index contributed by atoms with van der Waals surface area (Å²) in [6.45, 7) is 9.00. The normalized spacial score (nSPS) is 10.9. The zero-order chi connectivity index (χ0) is 11.1. The van der Waals surface area contributed by atoms with Crippen LogP contribution in [0.15, 0.2) is 12.4 Å². The van der Waals surface area contributed by atoms with E-state index in [2.05, 4.69) is 42.3 Å². The molecule has 0 aliphatic carbocycles. The molecule has 1 aromatic rings. The van der Waals surface area contributed by atoms with Gasteiger partial charge in [-0.2, -0.15) is 11.8 Å². The number of aryl methyl sites for hydroxylation is 2. The molecule has 0 radical (unpaired) electrons. The van der Waals surface area contributed by atoms with Crippen LogP contribution < -0.4 is 4.57 Å². The van der Waals surface area contributed by atoms with Crippen LogP contribution in [0.3, 0.4) is 0 Å². The summed E-state index contributed by atoms with van der Waals surface area (Å²) < 4.78 is 4.79. The van der Waals surface area contributed by atoms with E-state index >= 15 is 0 Å². The number of hydrogen-bond acceptors (Lipinski definition) is 1. The van der Waals surface area contributed by atoms with Crippen LogP contribution in [-0.2, 0) is 19.5 Å². The van der Waals surface area contributed by atoms with Gasteiger partial charge in [-0.1, -0.05) is 20.8 Å². The smallest absolute Gasteiger partial charge is 0.234 e. The first kappa shape index (κ1) is 12.6. The van der Waals surface area contributed by atoms with E-state index in [4.69, 9.17) is 0 Å². The summed E-state index contributed by atoms with van der Waals surface area (Å²) in [5.74, 6) is 3.91. The molecule has 0 saturated heterocycles. The Morgan fingerprint density at radius 2 is 2.13 bits per heavy atom. The molecule has 0 N–H and O–H groups in total. The quantitative estimate of drug-likeness (QED) is 0.513. The second-order valence-electron chi connectivity index (χ2n) is 3.65. The molecule has 0 amide bonds. The van der Waals surface area contributed by atoms with Crippen molar-refractivity contribution in [1.29, 1.82) is 0 Å². The first-order chi connectivity index (χ1) is 7.33. The van der Waals surface area contributed by atoms with Gasteiger partial charge in [-0.25, -0.2) is 9.13 Å². The second-order valence-corrected chi connectivity index (χ2v) is 5.05. The van der Waals surface area contributed by atoms with Gasteiger partial charge in [-0.3, -0.25) is 0 Å². The largest absolute Gasteiger partial charge is 0.256 e. The van der Waals surface area contributed by atoms with Crippen molar-refractivity contribution >= 4 is 11.8 Å². The maximum absolute atomic E-state index is 2.40. The summed E-state index contributed by atoms with van der Waals surface area (Å²) >= 11 is 2.01. The zero-order valence-electron chi connectivity index (χ0n) is 10.2. The van der Waals surface area contributed by atoms with Crippen molar-refractivity contribution < 1.29 is 4.57 Å². The molecule has 0 fully saturated rings. The molecule has 1 heterocycles. The fourth-order valence-electron chi connectivity index (χ4n) is 1.86. The van der Waals surface area contributed by atoms with Gasteiger partial charge in [-0.05, 0) is 12.2 Å². The lowest BCUT2D eigenvalue weighted by atomic mass is 10.4. The number of aromatic nitrogens is 2. The highest BCUT2D eigenvalue weighted by molar-refractivity contribution is 7.99. The van der Waals surface area contributed by atoms with Crippen molar-refractivity contribution in [3.05, 3.63) is 18.2 Å². The lowest BCUT2D eigenvalue weighted by Gasteiger charge is -2.02. The Morgan fingerprint density at radius 1 is 1.33 bits per heavy atom. The number of rotatable bonds is 7. The van der Waals surface area contributed by atoms with Gasteiger partial charge >= 0.3 is 0 Å². The fraction of sp³-hybridized carbons (Fsp3) is 0.750. The van der Waals surface area contributed by atoms with Crippen LogP contribution >= 0.6 is 11.8 Å². The maximum Gasteiger partial charge on any atom is 0.256 e. The number of hydrogen-bond donors (Lipinski definition) is 0. The summed E-state index contributed by atoms with van der Waals surface area (Å²) in [7, 11) is 0. The molecule has 86 valence electrons. The third-order valence-corrected chi connectivity index (χ3v) is 3.43. The van der Waals surface area contributed by atoms with Crippen LogP contribution in [0.2, 0.25) is 0 Å². The van der Waals surface area contributed by atoms with Gasteiger partial charge in [0.05, 0.1) is 13.1 Å². The summed E-state index contributed by atoms with van der Waals surface area (Å²) in [4.78, 5) is 0. The van der Waals surface area contributed by atoms with Crippen molar-refractivity contribution in [2.24, 2.45) is 0 Å². The van der Waals surface area contributed by atoms with Gasteiger partial charge in [0.25, 0.3) is 5.82 Å². The summed E-state index contributed by atoms with van der Waals surface area (Å²) in [6.07, 6.45) is 6.79. The molecule has 15 heavy (non-hydrogen) atoms. The van der Waals surface area contributed by atoms with Crippen LogP contribution in [0.5, 0.6) is 0 Å². The molecule has 2 nitrogen and oxygen atoms in total. The minimum Gasteiger partial charge on any atom is -0.234 e. The Hall–Kier alpha value is -0.440. The number of nitrogens with zero attached hydrogens (tertiary/aromatic N) is 2. The first-order valence-electron chi connectivity index (χ1n) is 5.98. The summed E-state index contributed by atoms with van der Waals surface area (Å²) in [6, 6.07) is 0.